The molecular weight excluding hydrogens is 386 g/mol. The number of pyridine rings is 1. The highest BCUT2D eigenvalue weighted by Crippen LogP contribution is 2.32. The van der Waals surface area contributed by atoms with Gasteiger partial charge in [0.05, 0.1) is 18.8 Å². The number of benzene rings is 1. The minimum absolute atomic E-state index is 0.0227. The van der Waals surface area contributed by atoms with E-state index in [1.807, 2.05) is 47.4 Å². The van der Waals surface area contributed by atoms with Crippen LogP contribution in [0, 0.1) is 0 Å². The lowest BCUT2D eigenvalue weighted by atomic mass is 10.1. The van der Waals surface area contributed by atoms with E-state index in [4.69, 9.17) is 9.72 Å². The summed E-state index contributed by atoms with van der Waals surface area (Å²) in [6.45, 7) is 0.780. The molecule has 0 spiro atoms. The third kappa shape index (κ3) is 4.71. The molecule has 0 radical (unpaired) electrons. The fourth-order valence-electron chi connectivity index (χ4n) is 3.60. The molecule has 2 aromatic heterocycles. The van der Waals surface area contributed by atoms with Crippen molar-refractivity contribution in [1.29, 1.82) is 0 Å². The first-order valence-corrected chi connectivity index (χ1v) is 10.5. The fourth-order valence-corrected chi connectivity index (χ4v) is 4.06. The van der Waals surface area contributed by atoms with E-state index in [2.05, 4.69) is 15.5 Å². The van der Waals surface area contributed by atoms with Crippen molar-refractivity contribution in [3.8, 4) is 5.75 Å². The van der Waals surface area contributed by atoms with E-state index in [0.29, 0.717) is 11.6 Å². The van der Waals surface area contributed by atoms with Gasteiger partial charge in [0, 0.05) is 13.0 Å². The number of carbonyl (C=O) groups is 1. The molecule has 1 aliphatic rings. The van der Waals surface area contributed by atoms with Crippen LogP contribution in [0.15, 0.2) is 48.0 Å². The maximum Gasteiger partial charge on any atom is 0.223 e. The largest absolute Gasteiger partial charge is 0.497 e. The lowest BCUT2D eigenvalue weighted by molar-refractivity contribution is -0.132. The lowest BCUT2D eigenvalue weighted by Crippen LogP contribution is -2.31. The second-order valence-electron chi connectivity index (χ2n) is 6.91. The van der Waals surface area contributed by atoms with E-state index in [0.717, 1.165) is 48.6 Å². The molecule has 150 valence electrons. The number of nitrogens with one attached hydrogen (secondary N) is 1. The molecule has 1 amide bonds. The summed E-state index contributed by atoms with van der Waals surface area (Å²) in [5.74, 6) is 1.72. The normalized spacial score (nSPS) is 16.0. The van der Waals surface area contributed by atoms with Crippen LogP contribution in [0.4, 0.5) is 10.9 Å². The van der Waals surface area contributed by atoms with E-state index >= 15 is 0 Å². The zero-order valence-corrected chi connectivity index (χ0v) is 17.1. The maximum absolute atomic E-state index is 12.9. The third-order valence-corrected chi connectivity index (χ3v) is 5.67. The van der Waals surface area contributed by atoms with Crippen LogP contribution >= 0.6 is 11.3 Å². The van der Waals surface area contributed by atoms with Crippen LogP contribution in [-0.4, -0.2) is 39.6 Å². The number of nitrogens with zero attached hydrogens (tertiary/aromatic N) is 4. The number of aromatic nitrogens is 3. The Balaban J connectivity index is 1.40. The Morgan fingerprint density at radius 3 is 2.90 bits per heavy atom. The minimum Gasteiger partial charge on any atom is -0.497 e. The van der Waals surface area contributed by atoms with Gasteiger partial charge in [-0.25, -0.2) is 4.98 Å². The number of hydrogen-bond donors (Lipinski definition) is 1. The van der Waals surface area contributed by atoms with Crippen LogP contribution in [0.25, 0.3) is 0 Å². The molecule has 29 heavy (non-hydrogen) atoms. The topological polar surface area (TPSA) is 80.2 Å². The maximum atomic E-state index is 12.9. The number of ether oxygens (including phenoxy) is 1. The number of anilines is 2. The Morgan fingerprint density at radius 1 is 1.28 bits per heavy atom. The zero-order chi connectivity index (χ0) is 20.1. The van der Waals surface area contributed by atoms with Gasteiger partial charge in [-0.1, -0.05) is 29.5 Å². The second-order valence-corrected chi connectivity index (χ2v) is 7.74. The van der Waals surface area contributed by atoms with Crippen molar-refractivity contribution in [2.45, 2.75) is 31.7 Å². The van der Waals surface area contributed by atoms with Crippen molar-refractivity contribution >= 4 is 28.2 Å². The van der Waals surface area contributed by atoms with E-state index in [9.17, 15) is 4.79 Å². The molecule has 4 rings (SSSR count). The van der Waals surface area contributed by atoms with Crippen molar-refractivity contribution in [1.82, 2.24) is 20.1 Å². The van der Waals surface area contributed by atoms with Gasteiger partial charge in [-0.3, -0.25) is 4.79 Å². The van der Waals surface area contributed by atoms with Crippen LogP contribution in [0.2, 0.25) is 0 Å². The Bertz CT molecular complexity index is 946. The summed E-state index contributed by atoms with van der Waals surface area (Å²) in [6.07, 6.45) is 3.14. The Labute approximate surface area is 173 Å². The van der Waals surface area contributed by atoms with Crippen molar-refractivity contribution < 1.29 is 9.53 Å². The number of aryl methyl sites for hydroxylation is 1. The second kappa shape index (κ2) is 9.00. The van der Waals surface area contributed by atoms with Gasteiger partial charge in [0.2, 0.25) is 11.0 Å². The predicted molar refractivity (Wildman–Crippen MR) is 112 cm³/mol. The quantitative estimate of drug-likeness (QED) is 0.636. The number of carbonyl (C=O) groups excluding carboxylic acids is 1. The van der Waals surface area contributed by atoms with Crippen molar-refractivity contribution in [2.24, 2.45) is 0 Å². The van der Waals surface area contributed by atoms with Gasteiger partial charge in [-0.15, -0.1) is 10.2 Å². The van der Waals surface area contributed by atoms with Gasteiger partial charge in [0.1, 0.15) is 17.1 Å². The molecule has 3 heterocycles. The SMILES string of the molecule is COc1ccc(CCC(=O)N2CCCC2c2cccc(Nc3nncs3)n2)cc1. The van der Waals surface area contributed by atoms with Crippen LogP contribution in [-0.2, 0) is 11.2 Å². The Hall–Kier alpha value is -3.00. The first-order valence-electron chi connectivity index (χ1n) is 9.65. The van der Waals surface area contributed by atoms with Crippen molar-refractivity contribution in [3.63, 3.8) is 0 Å². The van der Waals surface area contributed by atoms with Crippen LogP contribution in [0.5, 0.6) is 5.75 Å². The van der Waals surface area contributed by atoms with Gasteiger partial charge in [-0.05, 0) is 49.1 Å². The highest BCUT2D eigenvalue weighted by Gasteiger charge is 2.30. The molecule has 1 aliphatic heterocycles. The smallest absolute Gasteiger partial charge is 0.223 e. The summed E-state index contributed by atoms with van der Waals surface area (Å²) >= 11 is 1.42. The zero-order valence-electron chi connectivity index (χ0n) is 16.2. The van der Waals surface area contributed by atoms with Gasteiger partial charge < -0.3 is 15.0 Å². The van der Waals surface area contributed by atoms with Crippen LogP contribution in [0.1, 0.15) is 36.6 Å². The monoisotopic (exact) mass is 409 g/mol. The molecule has 1 unspecified atom stereocenters. The number of amides is 1. The summed E-state index contributed by atoms with van der Waals surface area (Å²) in [5.41, 5.74) is 3.72. The summed E-state index contributed by atoms with van der Waals surface area (Å²) in [5, 5.41) is 11.7. The molecule has 0 aliphatic carbocycles. The molecule has 1 atom stereocenters. The average molecular weight is 410 g/mol. The summed E-state index contributed by atoms with van der Waals surface area (Å²) in [4.78, 5) is 19.6. The van der Waals surface area contributed by atoms with Crippen molar-refractivity contribution in [3.05, 3.63) is 59.2 Å². The van der Waals surface area contributed by atoms with Crippen LogP contribution in [0.3, 0.4) is 0 Å². The number of methoxy groups -OCH3 is 1. The summed E-state index contributed by atoms with van der Waals surface area (Å²) < 4.78 is 5.19. The molecule has 8 heteroatoms. The molecular formula is C21H23N5O2S. The van der Waals surface area contributed by atoms with E-state index in [1.165, 1.54) is 11.3 Å². The highest BCUT2D eigenvalue weighted by molar-refractivity contribution is 7.13. The van der Waals surface area contributed by atoms with Crippen LogP contribution < -0.4 is 10.1 Å². The third-order valence-electron chi connectivity index (χ3n) is 5.07. The predicted octanol–water partition coefficient (Wildman–Crippen LogP) is 3.98. The molecule has 0 bridgehead atoms. The first kappa shape index (κ1) is 19.3. The standard InChI is InChI=1S/C21H23N5O2S/c1-28-16-10-7-15(8-11-16)9-12-20(27)26-13-3-5-18(26)17-4-2-6-19(23-17)24-21-25-22-14-29-21/h2,4,6-8,10-11,14,18H,3,5,9,12-13H2,1H3,(H,23,24,25). The fraction of sp³-hybridized carbons (Fsp3) is 0.333. The minimum atomic E-state index is 0.0227. The number of likely N-dealkylation sites (tertiary alicyclic amines) is 1. The van der Waals surface area contributed by atoms with E-state index < -0.39 is 0 Å². The molecule has 3 aromatic rings. The number of hydrogen-bond acceptors (Lipinski definition) is 7. The lowest BCUT2D eigenvalue weighted by Gasteiger charge is -2.25. The Kier molecular flexibility index (Phi) is 6.00. The summed E-state index contributed by atoms with van der Waals surface area (Å²) in [6, 6.07) is 13.8. The van der Waals surface area contributed by atoms with Gasteiger partial charge in [0.15, 0.2) is 0 Å². The number of rotatable bonds is 7. The molecule has 0 saturated carbocycles. The summed E-state index contributed by atoms with van der Waals surface area (Å²) in [7, 11) is 1.65. The highest BCUT2D eigenvalue weighted by atomic mass is 32.1. The first-order chi connectivity index (χ1) is 14.2. The molecule has 1 aromatic carbocycles. The van der Waals surface area contributed by atoms with E-state index in [1.54, 1.807) is 12.6 Å². The van der Waals surface area contributed by atoms with Gasteiger partial charge in [0.25, 0.3) is 0 Å². The molecule has 1 saturated heterocycles. The molecule has 1 N–H and O–H groups in total. The average Bonchev–Trinajstić information content (AvgIpc) is 3.45. The van der Waals surface area contributed by atoms with E-state index in [-0.39, 0.29) is 11.9 Å². The van der Waals surface area contributed by atoms with Crippen molar-refractivity contribution in [2.75, 3.05) is 19.0 Å². The Morgan fingerprint density at radius 2 is 2.14 bits per heavy atom. The van der Waals surface area contributed by atoms with Gasteiger partial charge >= 0.3 is 0 Å². The van der Waals surface area contributed by atoms with Gasteiger partial charge in [-0.2, -0.15) is 0 Å². The molecule has 1 fully saturated rings. The molecule has 7 nitrogen and oxygen atoms in total.